The first-order chi connectivity index (χ1) is 24.8. The Bertz CT molecular complexity index is 1120. The number of nitrogens with one attached hydrogen (secondary N) is 1. The summed E-state index contributed by atoms with van der Waals surface area (Å²) in [7, 11) is -4.36. The summed E-state index contributed by atoms with van der Waals surface area (Å²) >= 11 is 0. The van der Waals surface area contributed by atoms with Crippen LogP contribution in [0, 0.1) is 0 Å². The molecular formula is C44H75NO5S. The van der Waals surface area contributed by atoms with Crippen LogP contribution in [0.4, 0.5) is 0 Å². The summed E-state index contributed by atoms with van der Waals surface area (Å²) in [6, 6.07) is -1.07. The second kappa shape index (κ2) is 37.3. The number of aliphatic hydroxyl groups excluding tert-OH is 1. The van der Waals surface area contributed by atoms with E-state index < -0.39 is 28.0 Å². The third-order valence-electron chi connectivity index (χ3n) is 8.58. The maximum Gasteiger partial charge on any atom is 0.267 e. The van der Waals surface area contributed by atoms with Crippen LogP contribution >= 0.6 is 0 Å². The molecule has 3 N–H and O–H groups in total. The number of hydrogen-bond donors (Lipinski definition) is 3. The van der Waals surface area contributed by atoms with Gasteiger partial charge < -0.3 is 10.4 Å². The van der Waals surface area contributed by atoms with Crippen LogP contribution in [0.3, 0.4) is 0 Å². The molecule has 0 saturated heterocycles. The topological polar surface area (TPSA) is 104 Å². The Kier molecular flexibility index (Phi) is 35.5. The lowest BCUT2D eigenvalue weighted by Gasteiger charge is -2.21. The summed E-state index contributed by atoms with van der Waals surface area (Å²) in [6.07, 6.45) is 54.2. The van der Waals surface area contributed by atoms with Crippen molar-refractivity contribution in [2.75, 3.05) is 5.75 Å². The molecule has 0 fully saturated rings. The number of unbranched alkanes of at least 4 members (excludes halogenated alkanes) is 15. The first-order valence-electron chi connectivity index (χ1n) is 20.3. The summed E-state index contributed by atoms with van der Waals surface area (Å²) in [4.78, 5) is 12.5. The van der Waals surface area contributed by atoms with Gasteiger partial charge in [-0.2, -0.15) is 8.42 Å². The molecule has 51 heavy (non-hydrogen) atoms. The highest BCUT2D eigenvalue weighted by Crippen LogP contribution is 2.13. The van der Waals surface area contributed by atoms with Gasteiger partial charge in [0.25, 0.3) is 10.1 Å². The molecule has 0 bridgehead atoms. The van der Waals surface area contributed by atoms with E-state index in [2.05, 4.69) is 92.1 Å². The maximum absolute atomic E-state index is 12.5. The van der Waals surface area contributed by atoms with Gasteiger partial charge in [0.1, 0.15) is 0 Å². The summed E-state index contributed by atoms with van der Waals surface area (Å²) in [5, 5.41) is 13.2. The molecule has 0 rings (SSSR count). The second-order valence-corrected chi connectivity index (χ2v) is 15.0. The predicted molar refractivity (Wildman–Crippen MR) is 220 cm³/mol. The van der Waals surface area contributed by atoms with Gasteiger partial charge in [0.15, 0.2) is 0 Å². The molecule has 0 aliphatic carbocycles. The lowest BCUT2D eigenvalue weighted by Crippen LogP contribution is -2.46. The van der Waals surface area contributed by atoms with E-state index in [4.69, 9.17) is 0 Å². The molecule has 1 amide bonds. The van der Waals surface area contributed by atoms with Gasteiger partial charge >= 0.3 is 0 Å². The van der Waals surface area contributed by atoms with Crippen molar-refractivity contribution in [3.05, 3.63) is 85.1 Å². The average Bonchev–Trinajstić information content (AvgIpc) is 3.09. The minimum Gasteiger partial charge on any atom is -0.387 e. The number of carbonyl (C=O) groups is 1. The molecule has 2 atom stereocenters. The molecule has 0 heterocycles. The van der Waals surface area contributed by atoms with Crippen LogP contribution in [0.5, 0.6) is 0 Å². The van der Waals surface area contributed by atoms with Gasteiger partial charge in [0.2, 0.25) is 5.91 Å². The maximum atomic E-state index is 12.5. The number of carbonyl (C=O) groups excluding carboxylic acids is 1. The van der Waals surface area contributed by atoms with Crippen LogP contribution in [0.15, 0.2) is 85.1 Å². The first-order valence-corrected chi connectivity index (χ1v) is 21.9. The molecule has 292 valence electrons. The lowest BCUT2D eigenvalue weighted by molar-refractivity contribution is -0.122. The molecule has 2 unspecified atom stereocenters. The molecule has 0 aromatic rings. The molecule has 0 aromatic heterocycles. The summed E-state index contributed by atoms with van der Waals surface area (Å²) in [5.41, 5.74) is 0. The minimum absolute atomic E-state index is 0.261. The average molecular weight is 730 g/mol. The van der Waals surface area contributed by atoms with Crippen LogP contribution in [0.2, 0.25) is 0 Å². The molecule has 0 saturated carbocycles. The minimum atomic E-state index is -4.36. The fourth-order valence-electron chi connectivity index (χ4n) is 5.57. The summed E-state index contributed by atoms with van der Waals surface area (Å²) < 4.78 is 32.4. The molecular weight excluding hydrogens is 655 g/mol. The summed E-state index contributed by atoms with van der Waals surface area (Å²) in [5.74, 6) is -1.02. The van der Waals surface area contributed by atoms with Crippen LogP contribution in [-0.4, -0.2) is 41.9 Å². The Labute approximate surface area is 314 Å². The molecule has 0 aliphatic rings. The van der Waals surface area contributed by atoms with E-state index in [1.807, 2.05) is 6.08 Å². The van der Waals surface area contributed by atoms with E-state index in [-0.39, 0.29) is 12.3 Å². The van der Waals surface area contributed by atoms with Gasteiger partial charge in [-0.15, -0.1) is 0 Å². The molecule has 0 radical (unpaired) electrons. The van der Waals surface area contributed by atoms with E-state index in [1.54, 1.807) is 6.08 Å². The number of rotatable bonds is 35. The largest absolute Gasteiger partial charge is 0.387 e. The number of hydrogen-bond acceptors (Lipinski definition) is 4. The van der Waals surface area contributed by atoms with E-state index >= 15 is 0 Å². The van der Waals surface area contributed by atoms with Crippen molar-refractivity contribution in [1.82, 2.24) is 5.32 Å². The highest BCUT2D eigenvalue weighted by Gasteiger charge is 2.24. The molecule has 0 spiro atoms. The molecule has 6 nitrogen and oxygen atoms in total. The highest BCUT2D eigenvalue weighted by atomic mass is 32.2. The van der Waals surface area contributed by atoms with Crippen molar-refractivity contribution in [3.8, 4) is 0 Å². The van der Waals surface area contributed by atoms with Crippen molar-refractivity contribution in [2.24, 2.45) is 0 Å². The fraction of sp³-hybridized carbons (Fsp3) is 0.659. The first kappa shape index (κ1) is 48.5. The van der Waals surface area contributed by atoms with Crippen molar-refractivity contribution in [1.29, 1.82) is 0 Å². The lowest BCUT2D eigenvalue weighted by atomic mass is 10.0. The number of amides is 1. The van der Waals surface area contributed by atoms with Gasteiger partial charge in [-0.25, -0.2) is 0 Å². The Balaban J connectivity index is 4.02. The third kappa shape index (κ3) is 38.6. The monoisotopic (exact) mass is 730 g/mol. The normalized spacial score (nSPS) is 14.2. The second-order valence-electron chi connectivity index (χ2n) is 13.5. The van der Waals surface area contributed by atoms with Crippen molar-refractivity contribution < 1.29 is 22.9 Å². The zero-order chi connectivity index (χ0) is 37.5. The van der Waals surface area contributed by atoms with Crippen LogP contribution in [-0.2, 0) is 14.9 Å². The predicted octanol–water partition coefficient (Wildman–Crippen LogP) is 12.0. The smallest absolute Gasteiger partial charge is 0.267 e. The molecule has 0 aromatic carbocycles. The van der Waals surface area contributed by atoms with Gasteiger partial charge in [0, 0.05) is 6.42 Å². The van der Waals surface area contributed by atoms with Gasteiger partial charge in [-0.3, -0.25) is 9.35 Å². The van der Waals surface area contributed by atoms with Crippen LogP contribution < -0.4 is 5.32 Å². The fourth-order valence-corrected chi connectivity index (χ4v) is 6.30. The number of aliphatic hydroxyl groups is 1. The quantitative estimate of drug-likeness (QED) is 0.0342. The summed E-state index contributed by atoms with van der Waals surface area (Å²) in [6.45, 7) is 4.39. The van der Waals surface area contributed by atoms with Crippen molar-refractivity contribution in [3.63, 3.8) is 0 Å². The van der Waals surface area contributed by atoms with Crippen molar-refractivity contribution in [2.45, 2.75) is 180 Å². The van der Waals surface area contributed by atoms with E-state index in [0.717, 1.165) is 83.5 Å². The van der Waals surface area contributed by atoms with E-state index in [9.17, 15) is 22.9 Å². The van der Waals surface area contributed by atoms with Gasteiger partial charge in [-0.05, 0) is 70.6 Å². The Morgan fingerprint density at radius 3 is 1.39 bits per heavy atom. The Hall–Kier alpha value is -2.48. The molecule has 0 aliphatic heterocycles. The standard InChI is InChI=1S/C44H75NO5S/c1-3-5-7-9-11-13-15-17-18-19-20-21-22-23-24-25-26-28-30-32-34-36-38-40-44(47)45-42(41-51(48,49)50)43(46)39-37-35-33-31-29-27-16-14-12-10-8-6-4-2/h5,7,11,13,17-18,20-21,23-24,26,28,37,39,42-43,46H,3-4,6,8-10,12,14-16,19,22,25,27,29-36,38,40-41H2,1-2H3,(H,45,47)(H,48,49,50)/b7-5-,13-11-,18-17-,21-20-,24-23-,28-26-,39-37+. The SMILES string of the molecule is CC/C=C\C/C=C\C/C=C\C/C=C\C/C=C\C/C=C\CCCCCCC(=O)NC(CS(=O)(=O)O)C(O)/C=C/CCCCCCCCCCCCC. The van der Waals surface area contributed by atoms with Crippen LogP contribution in [0.25, 0.3) is 0 Å². The van der Waals surface area contributed by atoms with Crippen LogP contribution in [0.1, 0.15) is 168 Å². The van der Waals surface area contributed by atoms with E-state index in [1.165, 1.54) is 57.8 Å². The number of allylic oxidation sites excluding steroid dienone is 13. The molecule has 7 heteroatoms. The Morgan fingerprint density at radius 2 is 0.941 bits per heavy atom. The zero-order valence-electron chi connectivity index (χ0n) is 32.4. The van der Waals surface area contributed by atoms with Gasteiger partial charge in [0.05, 0.1) is 17.9 Å². The van der Waals surface area contributed by atoms with E-state index in [0.29, 0.717) is 6.42 Å². The third-order valence-corrected chi connectivity index (χ3v) is 9.36. The zero-order valence-corrected chi connectivity index (χ0v) is 33.3. The Morgan fingerprint density at radius 1 is 0.549 bits per heavy atom. The van der Waals surface area contributed by atoms with Crippen molar-refractivity contribution >= 4 is 16.0 Å². The van der Waals surface area contributed by atoms with Gasteiger partial charge in [-0.1, -0.05) is 176 Å². The highest BCUT2D eigenvalue weighted by molar-refractivity contribution is 7.85.